The predicted octanol–water partition coefficient (Wildman–Crippen LogP) is 10.2. The number of rotatable bonds is 8. The molecule has 0 aromatic carbocycles. The van der Waals surface area contributed by atoms with Crippen molar-refractivity contribution >= 4 is 11.9 Å². The summed E-state index contributed by atoms with van der Waals surface area (Å²) in [7, 11) is 0. The lowest BCUT2D eigenvalue weighted by molar-refractivity contribution is -0.177. The minimum atomic E-state index is -1.13. The molecule has 1 heterocycles. The summed E-state index contributed by atoms with van der Waals surface area (Å²) < 4.78 is 12.5. The van der Waals surface area contributed by atoms with Gasteiger partial charge in [-0.05, 0) is 167 Å². The molecule has 8 saturated carbocycles. The Morgan fingerprint density at radius 2 is 1.55 bits per heavy atom. The summed E-state index contributed by atoms with van der Waals surface area (Å²) in [4.78, 5) is 31.7. The Morgan fingerprint density at radius 3 is 2.23 bits per heavy atom. The highest BCUT2D eigenvalue weighted by molar-refractivity contribution is 6.08. The van der Waals surface area contributed by atoms with Crippen LogP contribution in [0, 0.1) is 74.4 Å². The minimum absolute atomic E-state index is 0.0177. The molecule has 0 saturated heterocycles. The number of aliphatic hydroxyl groups excluding tert-OH is 1. The van der Waals surface area contributed by atoms with Crippen LogP contribution in [0.15, 0.2) is 46.6 Å². The number of aliphatic hydroxyl groups is 2. The van der Waals surface area contributed by atoms with Crippen molar-refractivity contribution < 1.29 is 29.0 Å². The molecule has 11 atom stereocenters. The van der Waals surface area contributed by atoms with E-state index in [0.29, 0.717) is 42.9 Å². The first-order chi connectivity index (χ1) is 26.6. The quantitative estimate of drug-likeness (QED) is 0.202. The van der Waals surface area contributed by atoms with Crippen LogP contribution in [-0.2, 0) is 4.74 Å². The first-order valence-corrected chi connectivity index (χ1v) is 23.0. The van der Waals surface area contributed by atoms with Gasteiger partial charge in [0, 0.05) is 28.4 Å². The monoisotopic (exact) mass is 768 g/mol. The third kappa shape index (κ3) is 5.32. The summed E-state index contributed by atoms with van der Waals surface area (Å²) in [6.45, 7) is 12.5. The van der Waals surface area contributed by atoms with Crippen LogP contribution < -0.4 is 0 Å². The van der Waals surface area contributed by atoms with Crippen LogP contribution in [0.2, 0.25) is 0 Å². The molecule has 11 aliphatic carbocycles. The van der Waals surface area contributed by atoms with E-state index in [-0.39, 0.29) is 52.6 Å². The van der Waals surface area contributed by atoms with Gasteiger partial charge < -0.3 is 24.3 Å². The molecule has 1 unspecified atom stereocenters. The average Bonchev–Trinajstić information content (AvgIpc) is 3.77. The third-order valence-corrected chi connectivity index (χ3v) is 19.3. The van der Waals surface area contributed by atoms with E-state index >= 15 is 0 Å². The standard InChI is InChI=1S/C49H69NO6/c1-30(2)36-9-8-31(3)19-39(36)56-43(53)50(28-46-23-32-20-33(24-46)22-34(21-32)25-46)29-48(54)15-12-41-45(48,5)14-11-40-44(4)13-10-35(51)26-47(44)16-17-49(40,41)37(27-47)42(52)38-7-6-18-55-38/h6-7,16-18,27,30-36,39-41,51,54H,8-15,19-26,28-29H2,1-5H3/t31-,32?,33?,34?,35?,36+,39-,40+,41+,44+,45-,46?,47-,48+,49+/m0/s1. The van der Waals surface area contributed by atoms with Crippen molar-refractivity contribution in [2.75, 3.05) is 13.1 Å². The van der Waals surface area contributed by atoms with Crippen molar-refractivity contribution in [2.45, 2.75) is 155 Å². The summed E-state index contributed by atoms with van der Waals surface area (Å²) >= 11 is 0. The van der Waals surface area contributed by atoms with E-state index < -0.39 is 22.5 Å². The van der Waals surface area contributed by atoms with E-state index in [1.54, 1.807) is 18.4 Å². The van der Waals surface area contributed by atoms with E-state index in [4.69, 9.17) is 9.15 Å². The van der Waals surface area contributed by atoms with E-state index in [1.807, 2.05) is 4.90 Å². The van der Waals surface area contributed by atoms with Gasteiger partial charge in [0.05, 0.1) is 24.5 Å². The lowest BCUT2D eigenvalue weighted by atomic mass is 9.32. The molecule has 12 rings (SSSR count). The molecular formula is C49H69NO6. The number of furan rings is 1. The maximum atomic E-state index is 15.0. The van der Waals surface area contributed by atoms with E-state index in [9.17, 15) is 19.8 Å². The van der Waals surface area contributed by atoms with Gasteiger partial charge in [0.2, 0.25) is 5.78 Å². The fourth-order valence-electron chi connectivity index (χ4n) is 17.0. The molecule has 306 valence electrons. The summed E-state index contributed by atoms with van der Waals surface area (Å²) in [5, 5.41) is 24.6. The first-order valence-electron chi connectivity index (χ1n) is 23.0. The smallest absolute Gasteiger partial charge is 0.410 e. The van der Waals surface area contributed by atoms with Crippen LogP contribution >= 0.6 is 0 Å². The van der Waals surface area contributed by atoms with Crippen LogP contribution in [-0.4, -0.2) is 57.9 Å². The maximum absolute atomic E-state index is 15.0. The Hall–Kier alpha value is -2.38. The van der Waals surface area contributed by atoms with Crippen molar-refractivity contribution in [1.29, 1.82) is 0 Å². The highest BCUT2D eigenvalue weighted by Crippen LogP contribution is 2.78. The fourth-order valence-corrected chi connectivity index (χ4v) is 17.0. The van der Waals surface area contributed by atoms with Crippen LogP contribution in [0.5, 0.6) is 0 Å². The zero-order chi connectivity index (χ0) is 39.0. The number of carbonyl (C=O) groups excluding carboxylic acids is 2. The second-order valence-corrected chi connectivity index (χ2v) is 22.6. The molecule has 6 bridgehead atoms. The van der Waals surface area contributed by atoms with Crippen LogP contribution in [0.4, 0.5) is 4.79 Å². The van der Waals surface area contributed by atoms with Crippen molar-refractivity contribution in [3.63, 3.8) is 0 Å². The number of carbonyl (C=O) groups is 2. The van der Waals surface area contributed by atoms with Gasteiger partial charge >= 0.3 is 6.09 Å². The number of Topliss-reactive ketones (excluding diaryl/α,β-unsaturated/α-hetero) is 1. The molecule has 56 heavy (non-hydrogen) atoms. The topological polar surface area (TPSA) is 100 Å². The van der Waals surface area contributed by atoms with Crippen molar-refractivity contribution in [3.05, 3.63) is 48.0 Å². The Morgan fingerprint density at radius 1 is 0.875 bits per heavy atom. The van der Waals surface area contributed by atoms with E-state index in [0.717, 1.165) is 68.3 Å². The Bertz CT molecular complexity index is 1760. The molecule has 1 aromatic heterocycles. The summed E-state index contributed by atoms with van der Waals surface area (Å²) in [6.07, 6.45) is 24.2. The van der Waals surface area contributed by atoms with Gasteiger partial charge in [-0.3, -0.25) is 4.79 Å². The Kier molecular flexibility index (Phi) is 8.66. The number of amides is 1. The molecule has 11 aliphatic rings. The third-order valence-electron chi connectivity index (χ3n) is 19.3. The number of ketones is 1. The molecule has 8 fully saturated rings. The number of hydrogen-bond acceptors (Lipinski definition) is 6. The maximum Gasteiger partial charge on any atom is 0.410 e. The number of nitrogens with zero attached hydrogens (tertiary/aromatic N) is 1. The Labute approximate surface area is 335 Å². The summed E-state index contributed by atoms with van der Waals surface area (Å²) in [6, 6.07) is 3.58. The molecule has 7 nitrogen and oxygen atoms in total. The van der Waals surface area contributed by atoms with Crippen molar-refractivity contribution in [1.82, 2.24) is 4.90 Å². The molecule has 0 radical (unpaired) electrons. The molecule has 1 amide bonds. The SMILES string of the molecule is CC(C)[C@H]1CC[C@H](C)C[C@@H]1OC(=O)N(CC12CC3CC(CC(C3)C1)C2)C[C@]1(O)CC[C@H]2[C@]34C=C[C@@]5(C=C3C(=O)c3ccco3)CC(O)CC[C@]5(C)[C@H]4CC[C@@]21C. The number of allylic oxidation sites excluding steroid dienone is 4. The van der Waals surface area contributed by atoms with Gasteiger partial charge in [-0.2, -0.15) is 0 Å². The van der Waals surface area contributed by atoms with Gasteiger partial charge in [0.15, 0.2) is 5.76 Å². The van der Waals surface area contributed by atoms with Crippen molar-refractivity contribution in [2.24, 2.45) is 74.4 Å². The zero-order valence-corrected chi connectivity index (χ0v) is 34.9. The normalized spacial score (nSPS) is 49.6. The number of fused-ring (bicyclic) bond motifs is 1. The van der Waals surface area contributed by atoms with Gasteiger partial charge in [0.25, 0.3) is 0 Å². The fraction of sp³-hybridized carbons (Fsp3) is 0.796. The molecule has 2 N–H and O–H groups in total. The number of hydrogen-bond donors (Lipinski definition) is 2. The molecule has 2 spiro atoms. The summed E-state index contributed by atoms with van der Waals surface area (Å²) in [5.74, 6) is 4.18. The molecular weight excluding hydrogens is 699 g/mol. The molecule has 0 aliphatic heterocycles. The lowest BCUT2D eigenvalue weighted by Crippen LogP contribution is -2.67. The highest BCUT2D eigenvalue weighted by atomic mass is 16.6. The summed E-state index contributed by atoms with van der Waals surface area (Å²) in [5.41, 5.74) is -1.79. The van der Waals surface area contributed by atoms with Crippen LogP contribution in [0.1, 0.15) is 148 Å². The van der Waals surface area contributed by atoms with Crippen LogP contribution in [0.3, 0.4) is 0 Å². The zero-order valence-electron chi connectivity index (χ0n) is 34.9. The lowest BCUT2D eigenvalue weighted by Gasteiger charge is -2.71. The average molecular weight is 768 g/mol. The highest BCUT2D eigenvalue weighted by Gasteiger charge is 2.75. The van der Waals surface area contributed by atoms with Crippen LogP contribution in [0.25, 0.3) is 0 Å². The second-order valence-electron chi connectivity index (χ2n) is 22.6. The second kappa shape index (κ2) is 12.8. The van der Waals surface area contributed by atoms with E-state index in [2.05, 4.69) is 52.8 Å². The molecule has 7 heteroatoms. The van der Waals surface area contributed by atoms with Gasteiger partial charge in [-0.15, -0.1) is 0 Å². The largest absolute Gasteiger partial charge is 0.461 e. The first kappa shape index (κ1) is 37.9. The Balaban J connectivity index is 1.01. The predicted molar refractivity (Wildman–Crippen MR) is 215 cm³/mol. The van der Waals surface area contributed by atoms with Gasteiger partial charge in [0.1, 0.15) is 6.10 Å². The van der Waals surface area contributed by atoms with Gasteiger partial charge in [-0.25, -0.2) is 4.79 Å². The minimum Gasteiger partial charge on any atom is -0.461 e. The number of ether oxygens (including phenoxy) is 1. The van der Waals surface area contributed by atoms with Crippen molar-refractivity contribution in [3.8, 4) is 0 Å². The molecule has 1 aromatic rings. The van der Waals surface area contributed by atoms with Gasteiger partial charge in [-0.1, -0.05) is 59.3 Å². The van der Waals surface area contributed by atoms with E-state index in [1.165, 1.54) is 44.9 Å².